The van der Waals surface area contributed by atoms with Crippen LogP contribution in [0.25, 0.3) is 66.4 Å². The van der Waals surface area contributed by atoms with Gasteiger partial charge >= 0.3 is 6.85 Å². The molecule has 7 heteroatoms. The van der Waals surface area contributed by atoms with Gasteiger partial charge in [-0.25, -0.2) is 0 Å². The Morgan fingerprint density at radius 3 is 1.88 bits per heavy atom. The van der Waals surface area contributed by atoms with Gasteiger partial charge in [-0.05, 0) is 128 Å². The van der Waals surface area contributed by atoms with Crippen LogP contribution in [-0.2, 0) is 10.8 Å². The van der Waals surface area contributed by atoms with Crippen molar-refractivity contribution < 1.29 is 13.9 Å². The number of fused-ring (bicyclic) bond motifs is 15. The predicted molar refractivity (Wildman–Crippen MR) is 313 cm³/mol. The van der Waals surface area contributed by atoms with Gasteiger partial charge in [0.25, 0.3) is 0 Å². The van der Waals surface area contributed by atoms with Crippen LogP contribution >= 0.6 is 0 Å². The van der Waals surface area contributed by atoms with E-state index in [-0.39, 0.29) is 17.7 Å². The molecule has 0 amide bonds. The van der Waals surface area contributed by atoms with E-state index in [0.717, 1.165) is 83.7 Å². The van der Waals surface area contributed by atoms with Crippen LogP contribution in [0.2, 0.25) is 0 Å². The number of nitrogens with zero attached hydrogens (tertiary/aromatic N) is 3. The average molecular weight is 980 g/mol. The van der Waals surface area contributed by atoms with E-state index >= 15 is 0 Å². The second kappa shape index (κ2) is 15.4. The first-order valence-electron chi connectivity index (χ1n) is 26.4. The maximum absolute atomic E-state index is 7.37. The SMILES string of the molecule is CC(C)(C)c1ccc(N2c3cc4c(cc3B3c5c2cc2c(c5-c5ccc(N(c6ccccc6)c6ccccc6)c6c7c8ccccc8oc7n3c56)C(C)(C)c3ccccc3-2)Oc2ccccc2O4)c(-c2ccccc2)c1. The molecule has 10 aromatic carbocycles. The monoisotopic (exact) mass is 979 g/mol. The molecule has 0 bridgehead atoms. The summed E-state index contributed by atoms with van der Waals surface area (Å²) in [5, 5.41) is 3.31. The maximum Gasteiger partial charge on any atom is 0.336 e. The van der Waals surface area contributed by atoms with Gasteiger partial charge in [-0.2, -0.15) is 0 Å². The summed E-state index contributed by atoms with van der Waals surface area (Å²) in [6.45, 7) is 11.4. The van der Waals surface area contributed by atoms with E-state index in [1.807, 2.05) is 24.3 Å². The molecule has 0 radical (unpaired) electrons. The van der Waals surface area contributed by atoms with Crippen molar-refractivity contribution in [2.45, 2.75) is 45.4 Å². The second-order valence-electron chi connectivity index (χ2n) is 22.4. The minimum absolute atomic E-state index is 0.0937. The minimum Gasteiger partial charge on any atom is -0.450 e. The highest BCUT2D eigenvalue weighted by molar-refractivity contribution is 6.90. The Morgan fingerprint density at radius 1 is 0.513 bits per heavy atom. The molecule has 0 saturated carbocycles. The quantitative estimate of drug-likeness (QED) is 0.161. The Labute approximate surface area is 441 Å². The van der Waals surface area contributed by atoms with Crippen molar-refractivity contribution in [2.75, 3.05) is 9.80 Å². The van der Waals surface area contributed by atoms with Crippen LogP contribution in [0.1, 0.15) is 51.3 Å². The molecule has 3 aliphatic heterocycles. The van der Waals surface area contributed by atoms with Crippen molar-refractivity contribution in [3.8, 4) is 56.4 Å². The summed E-state index contributed by atoms with van der Waals surface area (Å²) in [5.74, 6) is 2.71. The summed E-state index contributed by atoms with van der Waals surface area (Å²) < 4.78 is 23.8. The number of aromatic nitrogens is 1. The standard InChI is InChI=1S/C69H50BN3O3/c1-68(2,3)42-33-35-52(48(37-42)41-21-9-6-10-22-41)72-54-40-60-59(74-57-31-19-20-32-58(57)75-60)39-51(54)70-65-55(72)38-49-45-27-15-17-29-50(45)69(4,5)64(49)62(65)47-34-36-53(71(43-23-11-7-12-24-43)44-25-13-8-14-26-44)63-61-46-28-16-18-30-56(46)76-67(61)73(70)66(47)63/h6-40H,1-5H3. The van der Waals surface area contributed by atoms with Crippen LogP contribution < -0.4 is 30.2 Å². The lowest BCUT2D eigenvalue weighted by Gasteiger charge is -2.43. The third-order valence-corrected chi connectivity index (χ3v) is 16.7. The molecule has 4 aliphatic rings. The number of benzene rings is 10. The molecule has 0 saturated heterocycles. The first kappa shape index (κ1) is 43.2. The third-order valence-electron chi connectivity index (χ3n) is 16.7. The van der Waals surface area contributed by atoms with E-state index in [1.54, 1.807) is 0 Å². The van der Waals surface area contributed by atoms with Gasteiger partial charge < -0.3 is 28.2 Å². The summed E-state index contributed by atoms with van der Waals surface area (Å²) in [4.78, 5) is 4.96. The van der Waals surface area contributed by atoms with E-state index in [4.69, 9.17) is 13.9 Å². The number of anilines is 6. The lowest BCUT2D eigenvalue weighted by molar-refractivity contribution is 0.360. The van der Waals surface area contributed by atoms with Crippen LogP contribution in [0.3, 0.4) is 0 Å². The first-order valence-corrected chi connectivity index (χ1v) is 26.4. The molecule has 76 heavy (non-hydrogen) atoms. The van der Waals surface area contributed by atoms with Crippen LogP contribution in [0.4, 0.5) is 34.1 Å². The normalized spacial score (nSPS) is 14.1. The van der Waals surface area contributed by atoms with Gasteiger partial charge in [-0.1, -0.05) is 168 Å². The summed E-state index contributed by atoms with van der Waals surface area (Å²) in [7, 11) is 0. The number of rotatable bonds is 5. The molecule has 16 rings (SSSR count). The van der Waals surface area contributed by atoms with Crippen molar-refractivity contribution in [3.63, 3.8) is 0 Å². The average Bonchev–Trinajstić information content (AvgIpc) is 4.12. The highest BCUT2D eigenvalue weighted by Crippen LogP contribution is 2.60. The van der Waals surface area contributed by atoms with E-state index in [0.29, 0.717) is 23.0 Å². The third kappa shape index (κ3) is 5.88. The zero-order chi connectivity index (χ0) is 50.8. The van der Waals surface area contributed by atoms with Crippen molar-refractivity contribution >= 4 is 84.9 Å². The van der Waals surface area contributed by atoms with Crippen molar-refractivity contribution in [1.29, 1.82) is 0 Å². The highest BCUT2D eigenvalue weighted by atomic mass is 16.6. The number of hydrogen-bond acceptors (Lipinski definition) is 5. The van der Waals surface area contributed by atoms with E-state index in [9.17, 15) is 0 Å². The molecule has 362 valence electrons. The van der Waals surface area contributed by atoms with Gasteiger partial charge in [-0.15, -0.1) is 0 Å². The second-order valence-corrected chi connectivity index (χ2v) is 22.4. The fourth-order valence-corrected chi connectivity index (χ4v) is 13.4. The number of ether oxygens (including phenoxy) is 2. The van der Waals surface area contributed by atoms with E-state index in [2.05, 4.69) is 237 Å². The molecule has 0 unspecified atom stereocenters. The molecule has 1 aliphatic carbocycles. The summed E-state index contributed by atoms with van der Waals surface area (Å²) in [6, 6.07) is 76.9. The number of furan rings is 1. The molecular formula is C69H50BN3O3. The van der Waals surface area contributed by atoms with Gasteiger partial charge in [0.15, 0.2) is 28.7 Å². The summed E-state index contributed by atoms with van der Waals surface area (Å²) >= 11 is 0. The summed E-state index contributed by atoms with van der Waals surface area (Å²) in [5.41, 5.74) is 22.3. The number of hydrogen-bond donors (Lipinski definition) is 0. The van der Waals surface area contributed by atoms with Crippen LogP contribution in [0.15, 0.2) is 217 Å². The van der Waals surface area contributed by atoms with Gasteiger partial charge in [0.2, 0.25) is 0 Å². The van der Waals surface area contributed by atoms with E-state index in [1.165, 1.54) is 44.4 Å². The Bertz CT molecular complexity index is 4400. The van der Waals surface area contributed by atoms with Gasteiger partial charge in [0.1, 0.15) is 5.58 Å². The lowest BCUT2D eigenvalue weighted by atomic mass is 9.44. The molecule has 6 nitrogen and oxygen atoms in total. The lowest BCUT2D eigenvalue weighted by Crippen LogP contribution is -2.57. The Kier molecular flexibility index (Phi) is 8.78. The highest BCUT2D eigenvalue weighted by Gasteiger charge is 2.50. The predicted octanol–water partition coefficient (Wildman–Crippen LogP) is 17.6. The molecule has 0 spiro atoms. The molecule has 0 atom stereocenters. The number of para-hydroxylation sites is 5. The van der Waals surface area contributed by atoms with Crippen molar-refractivity contribution in [3.05, 3.63) is 229 Å². The molecular weight excluding hydrogens is 930 g/mol. The van der Waals surface area contributed by atoms with E-state index < -0.39 is 0 Å². The molecule has 12 aromatic rings. The zero-order valence-electron chi connectivity index (χ0n) is 42.9. The maximum atomic E-state index is 7.37. The smallest absolute Gasteiger partial charge is 0.336 e. The minimum atomic E-state index is -0.369. The van der Waals surface area contributed by atoms with Crippen LogP contribution in [0, 0.1) is 0 Å². The summed E-state index contributed by atoms with van der Waals surface area (Å²) in [6.07, 6.45) is 0. The van der Waals surface area contributed by atoms with Gasteiger partial charge in [0, 0.05) is 61.6 Å². The first-order chi connectivity index (χ1) is 37.1. The molecule has 5 heterocycles. The Balaban J connectivity index is 1.10. The zero-order valence-corrected chi connectivity index (χ0v) is 42.9. The Morgan fingerprint density at radius 2 is 1.16 bits per heavy atom. The molecule has 0 fully saturated rings. The molecule has 2 aromatic heterocycles. The molecule has 0 N–H and O–H groups in total. The van der Waals surface area contributed by atoms with Gasteiger partial charge in [0.05, 0.1) is 16.8 Å². The van der Waals surface area contributed by atoms with Crippen molar-refractivity contribution in [2.24, 2.45) is 0 Å². The topological polar surface area (TPSA) is 43.0 Å². The fourth-order valence-electron chi connectivity index (χ4n) is 13.4. The van der Waals surface area contributed by atoms with Crippen molar-refractivity contribution in [1.82, 2.24) is 4.48 Å². The van der Waals surface area contributed by atoms with Crippen LogP contribution in [-0.4, -0.2) is 11.3 Å². The fraction of sp³-hybridized carbons (Fsp3) is 0.101. The largest absolute Gasteiger partial charge is 0.450 e. The van der Waals surface area contributed by atoms with Gasteiger partial charge in [-0.3, -0.25) is 0 Å². The Hall–Kier alpha value is -9.20. The van der Waals surface area contributed by atoms with Crippen LogP contribution in [0.5, 0.6) is 23.0 Å².